The number of alkyl halides is 1. The first-order chi connectivity index (χ1) is 3.88. The first-order valence-corrected chi connectivity index (χ1v) is 3.14. The van der Waals surface area contributed by atoms with Crippen LogP contribution in [0.25, 0.3) is 0 Å². The van der Waals surface area contributed by atoms with Gasteiger partial charge in [-0.2, -0.15) is 0 Å². The molecule has 0 radical (unpaired) electrons. The van der Waals surface area contributed by atoms with E-state index in [1.54, 1.807) is 0 Å². The van der Waals surface area contributed by atoms with Crippen LogP contribution < -0.4 is 5.73 Å². The summed E-state index contributed by atoms with van der Waals surface area (Å²) >= 11 is 0. The molecule has 2 N–H and O–H groups in total. The number of rotatable bonds is 2. The van der Waals surface area contributed by atoms with E-state index in [0.717, 1.165) is 12.8 Å². The van der Waals surface area contributed by atoms with Crippen molar-refractivity contribution in [3.63, 3.8) is 0 Å². The largest absolute Gasteiger partial charge is 0.330 e. The molecule has 0 unspecified atom stereocenters. The van der Waals surface area contributed by atoms with Crippen LogP contribution in [0.5, 0.6) is 0 Å². The summed E-state index contributed by atoms with van der Waals surface area (Å²) in [7, 11) is 0. The van der Waals surface area contributed by atoms with Crippen LogP contribution in [0.3, 0.4) is 0 Å². The van der Waals surface area contributed by atoms with Gasteiger partial charge in [-0.1, -0.05) is 0 Å². The second-order valence-corrected chi connectivity index (χ2v) is 2.49. The molecule has 1 saturated carbocycles. The maximum atomic E-state index is 11.8. The Kier molecular flexibility index (Phi) is 1.84. The fourth-order valence-corrected chi connectivity index (χ4v) is 1.15. The van der Waals surface area contributed by atoms with Gasteiger partial charge in [0, 0.05) is 0 Å². The van der Waals surface area contributed by atoms with Crippen molar-refractivity contribution in [3.05, 3.63) is 0 Å². The van der Waals surface area contributed by atoms with Crippen LogP contribution in [0.15, 0.2) is 0 Å². The van der Waals surface area contributed by atoms with Crippen LogP contribution in [-0.2, 0) is 0 Å². The van der Waals surface area contributed by atoms with E-state index in [2.05, 4.69) is 0 Å². The molecule has 8 heavy (non-hydrogen) atoms. The summed E-state index contributed by atoms with van der Waals surface area (Å²) in [5.74, 6) is 0.806. The van der Waals surface area contributed by atoms with E-state index >= 15 is 0 Å². The molecule has 0 saturated heterocycles. The Labute approximate surface area is 49.1 Å². The van der Waals surface area contributed by atoms with Crippen LogP contribution in [-0.4, -0.2) is 13.2 Å². The zero-order valence-corrected chi connectivity index (χ0v) is 4.94. The van der Waals surface area contributed by atoms with Crippen molar-refractivity contribution >= 4 is 0 Å². The Hall–Kier alpha value is -0.110. The lowest BCUT2D eigenvalue weighted by molar-refractivity contribution is 0.144. The van der Waals surface area contributed by atoms with Gasteiger partial charge in [0.2, 0.25) is 0 Å². The Bertz CT molecular complexity index is 60.9. The van der Waals surface area contributed by atoms with Crippen molar-refractivity contribution in [1.82, 2.24) is 0 Å². The monoisotopic (exact) mass is 117 g/mol. The third kappa shape index (κ3) is 0.848. The minimum absolute atomic E-state index is 0.165. The van der Waals surface area contributed by atoms with Gasteiger partial charge in [0.15, 0.2) is 0 Å². The molecule has 1 aliphatic rings. The molecule has 1 aliphatic carbocycles. The van der Waals surface area contributed by atoms with Gasteiger partial charge < -0.3 is 5.73 Å². The average molecular weight is 117 g/mol. The van der Waals surface area contributed by atoms with E-state index in [1.807, 2.05) is 0 Å². The molecular weight excluding hydrogens is 105 g/mol. The van der Waals surface area contributed by atoms with Crippen LogP contribution in [0.1, 0.15) is 12.8 Å². The smallest absolute Gasteiger partial charge is 0.0925 e. The zero-order chi connectivity index (χ0) is 5.98. The van der Waals surface area contributed by atoms with Gasteiger partial charge in [-0.05, 0) is 31.2 Å². The normalized spacial score (nSPS) is 36.8. The van der Waals surface area contributed by atoms with E-state index in [-0.39, 0.29) is 6.67 Å². The molecule has 48 valence electrons. The fraction of sp³-hybridized carbons (Fsp3) is 1.00. The van der Waals surface area contributed by atoms with Crippen molar-refractivity contribution in [2.75, 3.05) is 13.2 Å². The molecule has 0 aromatic heterocycles. The topological polar surface area (TPSA) is 26.0 Å². The van der Waals surface area contributed by atoms with Crippen molar-refractivity contribution in [1.29, 1.82) is 0 Å². The van der Waals surface area contributed by atoms with E-state index in [1.165, 1.54) is 0 Å². The highest BCUT2D eigenvalue weighted by Crippen LogP contribution is 2.33. The minimum atomic E-state index is -0.165. The SMILES string of the molecule is NC[C@H]1CC[C@H]1CF. The summed E-state index contributed by atoms with van der Waals surface area (Å²) in [5.41, 5.74) is 5.33. The molecule has 1 rings (SSSR count). The van der Waals surface area contributed by atoms with E-state index in [4.69, 9.17) is 5.73 Å². The third-order valence-electron chi connectivity index (χ3n) is 2.08. The van der Waals surface area contributed by atoms with Gasteiger partial charge in [0.25, 0.3) is 0 Å². The first kappa shape index (κ1) is 6.02. The molecule has 0 bridgehead atoms. The maximum Gasteiger partial charge on any atom is 0.0925 e. The van der Waals surface area contributed by atoms with Crippen molar-refractivity contribution in [2.45, 2.75) is 12.8 Å². The predicted octanol–water partition coefficient (Wildman–Crippen LogP) is 0.941. The van der Waals surface area contributed by atoms with Crippen LogP contribution >= 0.6 is 0 Å². The molecular formula is C6H12FN. The molecule has 1 fully saturated rings. The number of nitrogens with two attached hydrogens (primary N) is 1. The number of halogens is 1. The Morgan fingerprint density at radius 3 is 2.12 bits per heavy atom. The van der Waals surface area contributed by atoms with E-state index in [0.29, 0.717) is 18.4 Å². The Balaban J connectivity index is 2.16. The molecule has 0 amide bonds. The van der Waals surface area contributed by atoms with E-state index in [9.17, 15) is 4.39 Å². The third-order valence-corrected chi connectivity index (χ3v) is 2.08. The summed E-state index contributed by atoms with van der Waals surface area (Å²) in [6.07, 6.45) is 2.20. The number of hydrogen-bond acceptors (Lipinski definition) is 1. The second-order valence-electron chi connectivity index (χ2n) is 2.49. The van der Waals surface area contributed by atoms with Crippen LogP contribution in [0.4, 0.5) is 4.39 Å². The molecule has 0 spiro atoms. The van der Waals surface area contributed by atoms with Crippen molar-refractivity contribution in [2.24, 2.45) is 17.6 Å². The lowest BCUT2D eigenvalue weighted by atomic mass is 9.75. The number of hydrogen-bond donors (Lipinski definition) is 1. The summed E-state index contributed by atoms with van der Waals surface area (Å²) in [6.45, 7) is 0.510. The van der Waals surface area contributed by atoms with Gasteiger partial charge in [-0.15, -0.1) is 0 Å². The zero-order valence-electron chi connectivity index (χ0n) is 4.94. The standard InChI is InChI=1S/C6H12FN/c7-3-5-1-2-6(5)4-8/h5-6H,1-4,8H2/t5-,6+/m0/s1. The van der Waals surface area contributed by atoms with Crippen LogP contribution in [0.2, 0.25) is 0 Å². The van der Waals surface area contributed by atoms with Gasteiger partial charge in [0.1, 0.15) is 0 Å². The van der Waals surface area contributed by atoms with Crippen molar-refractivity contribution < 1.29 is 4.39 Å². The van der Waals surface area contributed by atoms with Gasteiger partial charge in [-0.3, -0.25) is 4.39 Å². The van der Waals surface area contributed by atoms with Gasteiger partial charge >= 0.3 is 0 Å². The molecule has 0 heterocycles. The lowest BCUT2D eigenvalue weighted by Crippen LogP contribution is -2.33. The maximum absolute atomic E-state index is 11.8. The highest BCUT2D eigenvalue weighted by atomic mass is 19.1. The summed E-state index contributed by atoms with van der Waals surface area (Å²) < 4.78 is 11.8. The Morgan fingerprint density at radius 1 is 1.38 bits per heavy atom. The van der Waals surface area contributed by atoms with Crippen molar-refractivity contribution in [3.8, 4) is 0 Å². The highest BCUT2D eigenvalue weighted by molar-refractivity contribution is 4.80. The minimum Gasteiger partial charge on any atom is -0.330 e. The molecule has 0 aromatic rings. The Morgan fingerprint density at radius 2 is 2.00 bits per heavy atom. The lowest BCUT2D eigenvalue weighted by Gasteiger charge is -2.33. The van der Waals surface area contributed by atoms with E-state index < -0.39 is 0 Å². The second kappa shape index (κ2) is 2.44. The summed E-state index contributed by atoms with van der Waals surface area (Å²) in [5, 5.41) is 0. The summed E-state index contributed by atoms with van der Waals surface area (Å²) in [4.78, 5) is 0. The average Bonchev–Trinajstić information content (AvgIpc) is 1.66. The van der Waals surface area contributed by atoms with Gasteiger partial charge in [-0.25, -0.2) is 0 Å². The predicted molar refractivity (Wildman–Crippen MR) is 31.2 cm³/mol. The molecule has 0 aromatic carbocycles. The van der Waals surface area contributed by atoms with Crippen LogP contribution in [0, 0.1) is 11.8 Å². The molecule has 2 atom stereocenters. The summed E-state index contributed by atoms with van der Waals surface area (Å²) in [6, 6.07) is 0. The van der Waals surface area contributed by atoms with Gasteiger partial charge in [0.05, 0.1) is 6.67 Å². The first-order valence-electron chi connectivity index (χ1n) is 3.14. The highest BCUT2D eigenvalue weighted by Gasteiger charge is 2.28. The fourth-order valence-electron chi connectivity index (χ4n) is 1.15. The molecule has 2 heteroatoms. The molecule has 1 nitrogen and oxygen atoms in total. The quantitative estimate of drug-likeness (QED) is 0.572. The molecule has 0 aliphatic heterocycles.